The van der Waals surface area contributed by atoms with Crippen LogP contribution in [0.4, 0.5) is 0 Å². The Balaban J connectivity index is 0.00000529. The van der Waals surface area contributed by atoms with E-state index in [9.17, 15) is 5.11 Å². The summed E-state index contributed by atoms with van der Waals surface area (Å²) >= 11 is 0. The third-order valence-corrected chi connectivity index (χ3v) is 4.43. The summed E-state index contributed by atoms with van der Waals surface area (Å²) in [6, 6.07) is 8.21. The van der Waals surface area contributed by atoms with Crippen molar-refractivity contribution in [1.82, 2.24) is 0 Å². The summed E-state index contributed by atoms with van der Waals surface area (Å²) < 4.78 is 5.97. The molecule has 1 rings (SSSR count). The van der Waals surface area contributed by atoms with Crippen LogP contribution in [0.5, 0.6) is 5.75 Å². The molecule has 0 saturated heterocycles. The average molecular weight is 358 g/mol. The maximum atomic E-state index is 9.55. The molecule has 3 N–H and O–H groups in total. The second kappa shape index (κ2) is 13.5. The van der Waals surface area contributed by atoms with Gasteiger partial charge in [-0.25, -0.2) is 0 Å². The summed E-state index contributed by atoms with van der Waals surface area (Å²) in [5.74, 6) is 0.972. The van der Waals surface area contributed by atoms with Gasteiger partial charge in [0.05, 0.1) is 13.2 Å². The molecule has 3 nitrogen and oxygen atoms in total. The third-order valence-electron chi connectivity index (χ3n) is 4.43. The van der Waals surface area contributed by atoms with E-state index in [2.05, 4.69) is 19.9 Å². The van der Waals surface area contributed by atoms with Crippen LogP contribution in [0.25, 0.3) is 0 Å². The van der Waals surface area contributed by atoms with Crippen molar-refractivity contribution in [3.05, 3.63) is 29.8 Å². The van der Waals surface area contributed by atoms with Gasteiger partial charge in [-0.15, -0.1) is 12.4 Å². The minimum absolute atomic E-state index is 0. The zero-order valence-corrected chi connectivity index (χ0v) is 16.2. The lowest BCUT2D eigenvalue weighted by molar-refractivity contribution is 0.177. The van der Waals surface area contributed by atoms with E-state index in [0.29, 0.717) is 0 Å². The first-order valence-electron chi connectivity index (χ1n) is 9.25. The Labute approximate surface area is 154 Å². The van der Waals surface area contributed by atoms with Crippen LogP contribution >= 0.6 is 12.4 Å². The smallest absolute Gasteiger partial charge is 0.122 e. The molecule has 0 aliphatic carbocycles. The third kappa shape index (κ3) is 8.91. The molecule has 0 aliphatic rings. The van der Waals surface area contributed by atoms with Gasteiger partial charge in [-0.05, 0) is 37.3 Å². The van der Waals surface area contributed by atoms with Crippen molar-refractivity contribution in [1.29, 1.82) is 0 Å². The number of hydrogen-bond acceptors (Lipinski definition) is 3. The zero-order valence-electron chi connectivity index (χ0n) is 15.4. The molecular formula is C20H36ClNO2. The van der Waals surface area contributed by atoms with Gasteiger partial charge in [-0.1, -0.05) is 64.2 Å². The molecule has 0 radical (unpaired) electrons. The fourth-order valence-electron chi connectivity index (χ4n) is 2.90. The van der Waals surface area contributed by atoms with Gasteiger partial charge in [0.2, 0.25) is 0 Å². The normalized spacial score (nSPS) is 13.2. The van der Waals surface area contributed by atoms with Gasteiger partial charge < -0.3 is 15.6 Å². The van der Waals surface area contributed by atoms with E-state index in [0.717, 1.165) is 44.5 Å². The van der Waals surface area contributed by atoms with Crippen LogP contribution in [-0.2, 0) is 6.42 Å². The van der Waals surface area contributed by atoms with Gasteiger partial charge in [0.1, 0.15) is 5.75 Å². The number of nitrogens with two attached hydrogens (primary N) is 1. The number of ether oxygens (including phenoxy) is 1. The van der Waals surface area contributed by atoms with Gasteiger partial charge in [-0.3, -0.25) is 0 Å². The fraction of sp³-hybridized carbons (Fsp3) is 0.700. The summed E-state index contributed by atoms with van der Waals surface area (Å²) in [6.45, 7) is 5.16. The first-order chi connectivity index (χ1) is 11.1. The van der Waals surface area contributed by atoms with E-state index < -0.39 is 5.54 Å². The Morgan fingerprint density at radius 2 is 1.71 bits per heavy atom. The standard InChI is InChI=1S/C20H35NO2.ClH/c1-3-5-6-7-10-16-23-19-12-9-8-11-18(19)13-15-20(21,17-22)14-4-2;/h8-9,11-12,22H,3-7,10,13-17,21H2,1-2H3;1H. The van der Waals surface area contributed by atoms with Crippen molar-refractivity contribution in [2.45, 2.75) is 77.2 Å². The van der Waals surface area contributed by atoms with Gasteiger partial charge in [0, 0.05) is 5.54 Å². The predicted molar refractivity (Wildman–Crippen MR) is 105 cm³/mol. The van der Waals surface area contributed by atoms with Crippen LogP contribution in [0.3, 0.4) is 0 Å². The first-order valence-corrected chi connectivity index (χ1v) is 9.25. The molecule has 1 atom stereocenters. The molecule has 140 valence electrons. The topological polar surface area (TPSA) is 55.5 Å². The quantitative estimate of drug-likeness (QED) is 0.494. The molecule has 0 amide bonds. The van der Waals surface area contributed by atoms with Crippen molar-refractivity contribution in [2.24, 2.45) is 5.73 Å². The Bertz CT molecular complexity index is 428. The number of aryl methyl sites for hydroxylation is 1. The highest BCUT2D eigenvalue weighted by Crippen LogP contribution is 2.24. The summed E-state index contributed by atoms with van der Waals surface area (Å²) in [7, 11) is 0. The van der Waals surface area contributed by atoms with Crippen molar-refractivity contribution in [2.75, 3.05) is 13.2 Å². The van der Waals surface area contributed by atoms with E-state index in [1.165, 1.54) is 31.2 Å². The van der Waals surface area contributed by atoms with Crippen molar-refractivity contribution in [3.63, 3.8) is 0 Å². The number of halogens is 1. The SMILES string of the molecule is CCCCCCCOc1ccccc1CCC(N)(CO)CCC.Cl. The number of hydrogen-bond donors (Lipinski definition) is 2. The van der Waals surface area contributed by atoms with Crippen LogP contribution in [0.2, 0.25) is 0 Å². The van der Waals surface area contributed by atoms with E-state index in [1.54, 1.807) is 0 Å². The summed E-state index contributed by atoms with van der Waals surface area (Å²) in [4.78, 5) is 0. The minimum atomic E-state index is -0.470. The maximum Gasteiger partial charge on any atom is 0.122 e. The lowest BCUT2D eigenvalue weighted by Crippen LogP contribution is -2.43. The van der Waals surface area contributed by atoms with E-state index in [1.807, 2.05) is 18.2 Å². The Hall–Kier alpha value is -0.770. The monoisotopic (exact) mass is 357 g/mol. The maximum absolute atomic E-state index is 9.55. The largest absolute Gasteiger partial charge is 0.493 e. The number of aliphatic hydroxyl groups excluding tert-OH is 1. The van der Waals surface area contributed by atoms with E-state index in [-0.39, 0.29) is 19.0 Å². The van der Waals surface area contributed by atoms with Crippen molar-refractivity contribution >= 4 is 12.4 Å². The molecule has 4 heteroatoms. The molecule has 0 heterocycles. The van der Waals surface area contributed by atoms with Crippen LogP contribution in [0.15, 0.2) is 24.3 Å². The second-order valence-corrected chi connectivity index (χ2v) is 6.64. The second-order valence-electron chi connectivity index (χ2n) is 6.64. The van der Waals surface area contributed by atoms with Crippen molar-refractivity contribution in [3.8, 4) is 5.75 Å². The minimum Gasteiger partial charge on any atom is -0.493 e. The highest BCUT2D eigenvalue weighted by molar-refractivity contribution is 5.85. The number of unbranched alkanes of at least 4 members (excludes halogenated alkanes) is 4. The van der Waals surface area contributed by atoms with Crippen molar-refractivity contribution < 1.29 is 9.84 Å². The molecule has 0 fully saturated rings. The highest BCUT2D eigenvalue weighted by Gasteiger charge is 2.23. The zero-order chi connectivity index (χ0) is 17.0. The van der Waals surface area contributed by atoms with Crippen LogP contribution in [0, 0.1) is 0 Å². The van der Waals surface area contributed by atoms with Crippen LogP contribution < -0.4 is 10.5 Å². The Morgan fingerprint density at radius 1 is 1.00 bits per heavy atom. The molecule has 1 aromatic rings. The highest BCUT2D eigenvalue weighted by atomic mass is 35.5. The van der Waals surface area contributed by atoms with Crippen LogP contribution in [-0.4, -0.2) is 23.9 Å². The molecule has 0 spiro atoms. The number of aliphatic hydroxyl groups is 1. The molecule has 0 aliphatic heterocycles. The van der Waals surface area contributed by atoms with Gasteiger partial charge >= 0.3 is 0 Å². The molecule has 0 bridgehead atoms. The first kappa shape index (κ1) is 23.2. The lowest BCUT2D eigenvalue weighted by atomic mass is 9.88. The molecular weight excluding hydrogens is 322 g/mol. The number of rotatable bonds is 13. The number of para-hydroxylation sites is 1. The lowest BCUT2D eigenvalue weighted by Gasteiger charge is -2.27. The van der Waals surface area contributed by atoms with Crippen LogP contribution in [0.1, 0.15) is 70.8 Å². The van der Waals surface area contributed by atoms with E-state index in [4.69, 9.17) is 10.5 Å². The molecule has 0 aromatic heterocycles. The molecule has 0 saturated carbocycles. The van der Waals surface area contributed by atoms with Gasteiger partial charge in [0.15, 0.2) is 0 Å². The summed E-state index contributed by atoms with van der Waals surface area (Å²) in [6.07, 6.45) is 9.71. The number of benzene rings is 1. The Kier molecular flexibility index (Phi) is 13.1. The molecule has 1 unspecified atom stereocenters. The van der Waals surface area contributed by atoms with E-state index >= 15 is 0 Å². The average Bonchev–Trinajstić information content (AvgIpc) is 2.57. The fourth-order valence-corrected chi connectivity index (χ4v) is 2.90. The Morgan fingerprint density at radius 3 is 2.38 bits per heavy atom. The molecule has 24 heavy (non-hydrogen) atoms. The van der Waals surface area contributed by atoms with Gasteiger partial charge in [-0.2, -0.15) is 0 Å². The predicted octanol–water partition coefficient (Wildman–Crippen LogP) is 4.88. The summed E-state index contributed by atoms with van der Waals surface area (Å²) in [5.41, 5.74) is 7.01. The summed E-state index contributed by atoms with van der Waals surface area (Å²) in [5, 5.41) is 9.55. The molecule has 1 aromatic carbocycles. The van der Waals surface area contributed by atoms with Gasteiger partial charge in [0.25, 0.3) is 0 Å².